The Bertz CT molecular complexity index is 259. The summed E-state index contributed by atoms with van der Waals surface area (Å²) in [5.41, 5.74) is 5.46. The number of hydrogen-bond donors (Lipinski definition) is 2. The molecule has 17 heavy (non-hydrogen) atoms. The lowest BCUT2D eigenvalue weighted by Crippen LogP contribution is -2.51. The first kappa shape index (κ1) is 12.8. The zero-order valence-electron chi connectivity index (χ0n) is 10.8. The van der Waals surface area contributed by atoms with Gasteiger partial charge in [0, 0.05) is 18.6 Å². The van der Waals surface area contributed by atoms with Gasteiger partial charge in [-0.2, -0.15) is 0 Å². The predicted molar refractivity (Wildman–Crippen MR) is 68.6 cm³/mol. The molecule has 2 aliphatic rings. The van der Waals surface area contributed by atoms with E-state index < -0.39 is 0 Å². The van der Waals surface area contributed by atoms with Gasteiger partial charge in [-0.3, -0.25) is 4.79 Å². The van der Waals surface area contributed by atoms with E-state index in [9.17, 15) is 4.79 Å². The highest BCUT2D eigenvalue weighted by molar-refractivity contribution is 5.80. The maximum atomic E-state index is 11.4. The first-order valence-corrected chi connectivity index (χ1v) is 6.92. The van der Waals surface area contributed by atoms with E-state index in [0.717, 1.165) is 6.54 Å². The van der Waals surface area contributed by atoms with Gasteiger partial charge in [-0.1, -0.05) is 19.3 Å². The van der Waals surface area contributed by atoms with Crippen molar-refractivity contribution in [1.82, 2.24) is 10.2 Å². The Morgan fingerprint density at radius 1 is 1.29 bits per heavy atom. The lowest BCUT2D eigenvalue weighted by atomic mass is 9.94. The van der Waals surface area contributed by atoms with Crippen LogP contribution >= 0.6 is 0 Å². The van der Waals surface area contributed by atoms with Crippen LogP contribution in [0.25, 0.3) is 0 Å². The third-order valence-electron chi connectivity index (χ3n) is 4.03. The van der Waals surface area contributed by atoms with Crippen LogP contribution in [0.15, 0.2) is 0 Å². The monoisotopic (exact) mass is 239 g/mol. The average Bonchev–Trinajstić information content (AvgIpc) is 3.13. The van der Waals surface area contributed by atoms with E-state index in [0.29, 0.717) is 12.1 Å². The maximum absolute atomic E-state index is 11.4. The summed E-state index contributed by atoms with van der Waals surface area (Å²) in [6.45, 7) is 0.760. The number of nitrogens with zero attached hydrogens (tertiary/aromatic N) is 1. The van der Waals surface area contributed by atoms with Gasteiger partial charge in [-0.25, -0.2) is 0 Å². The van der Waals surface area contributed by atoms with Crippen molar-refractivity contribution in [3.8, 4) is 0 Å². The summed E-state index contributed by atoms with van der Waals surface area (Å²) < 4.78 is 0. The van der Waals surface area contributed by atoms with Gasteiger partial charge in [-0.15, -0.1) is 0 Å². The summed E-state index contributed by atoms with van der Waals surface area (Å²) in [4.78, 5) is 13.7. The highest BCUT2D eigenvalue weighted by atomic mass is 16.1. The van der Waals surface area contributed by atoms with Crippen molar-refractivity contribution in [2.75, 3.05) is 13.6 Å². The summed E-state index contributed by atoms with van der Waals surface area (Å²) >= 11 is 0. The minimum absolute atomic E-state index is 0.172. The minimum atomic E-state index is -0.209. The van der Waals surface area contributed by atoms with Crippen LogP contribution in [-0.4, -0.2) is 42.5 Å². The van der Waals surface area contributed by atoms with Crippen molar-refractivity contribution in [3.63, 3.8) is 0 Å². The number of nitrogens with one attached hydrogen (secondary N) is 1. The molecule has 2 fully saturated rings. The molecular formula is C13H25N3O. The first-order valence-electron chi connectivity index (χ1n) is 6.92. The van der Waals surface area contributed by atoms with Crippen LogP contribution < -0.4 is 11.1 Å². The van der Waals surface area contributed by atoms with E-state index in [1.165, 1.54) is 44.9 Å². The molecule has 0 saturated heterocycles. The highest BCUT2D eigenvalue weighted by Crippen LogP contribution is 2.23. The molecule has 0 heterocycles. The van der Waals surface area contributed by atoms with Crippen molar-refractivity contribution in [3.05, 3.63) is 0 Å². The second kappa shape index (κ2) is 5.83. The van der Waals surface area contributed by atoms with Crippen molar-refractivity contribution in [2.45, 2.75) is 63.1 Å². The molecule has 4 heteroatoms. The number of hydrogen-bond acceptors (Lipinski definition) is 3. The van der Waals surface area contributed by atoms with Crippen LogP contribution in [0.3, 0.4) is 0 Å². The van der Waals surface area contributed by atoms with Gasteiger partial charge in [0.1, 0.15) is 0 Å². The molecule has 1 amide bonds. The molecule has 0 bridgehead atoms. The van der Waals surface area contributed by atoms with E-state index in [1.807, 2.05) is 0 Å². The quantitative estimate of drug-likeness (QED) is 0.722. The normalized spacial score (nSPS) is 23.9. The third kappa shape index (κ3) is 3.96. The largest absolute Gasteiger partial charge is 0.368 e. The van der Waals surface area contributed by atoms with E-state index in [1.54, 1.807) is 0 Å². The molecule has 0 spiro atoms. The molecule has 0 radical (unpaired) electrons. The molecule has 98 valence electrons. The van der Waals surface area contributed by atoms with Crippen molar-refractivity contribution >= 4 is 5.91 Å². The van der Waals surface area contributed by atoms with Crippen molar-refractivity contribution < 1.29 is 4.79 Å². The zero-order valence-corrected chi connectivity index (χ0v) is 10.8. The van der Waals surface area contributed by atoms with Gasteiger partial charge in [0.15, 0.2) is 0 Å². The Hall–Kier alpha value is -0.610. The lowest BCUT2D eigenvalue weighted by molar-refractivity contribution is -0.120. The van der Waals surface area contributed by atoms with Crippen LogP contribution in [0.4, 0.5) is 0 Å². The zero-order chi connectivity index (χ0) is 12.3. The summed E-state index contributed by atoms with van der Waals surface area (Å²) in [5.74, 6) is -0.209. The van der Waals surface area contributed by atoms with E-state index in [-0.39, 0.29) is 11.9 Å². The van der Waals surface area contributed by atoms with Gasteiger partial charge in [0.25, 0.3) is 0 Å². The Kier molecular flexibility index (Phi) is 4.40. The molecule has 2 aliphatic carbocycles. The Balaban J connectivity index is 1.80. The molecule has 3 N–H and O–H groups in total. The number of rotatable bonds is 6. The van der Waals surface area contributed by atoms with Gasteiger partial charge < -0.3 is 16.0 Å². The second-order valence-corrected chi connectivity index (χ2v) is 5.63. The van der Waals surface area contributed by atoms with Gasteiger partial charge in [0.05, 0.1) is 6.04 Å². The lowest BCUT2D eigenvalue weighted by Gasteiger charge is -2.33. The Morgan fingerprint density at radius 3 is 2.47 bits per heavy atom. The summed E-state index contributed by atoms with van der Waals surface area (Å²) in [6.07, 6.45) is 8.94. The van der Waals surface area contributed by atoms with Crippen LogP contribution in [0.1, 0.15) is 44.9 Å². The van der Waals surface area contributed by atoms with E-state index >= 15 is 0 Å². The van der Waals surface area contributed by atoms with Crippen LogP contribution in [0.2, 0.25) is 0 Å². The van der Waals surface area contributed by atoms with E-state index in [2.05, 4.69) is 17.3 Å². The molecule has 1 unspecified atom stereocenters. The summed E-state index contributed by atoms with van der Waals surface area (Å²) in [6, 6.07) is 1.01. The van der Waals surface area contributed by atoms with Gasteiger partial charge in [0.2, 0.25) is 5.91 Å². The van der Waals surface area contributed by atoms with E-state index in [4.69, 9.17) is 5.73 Å². The van der Waals surface area contributed by atoms with Crippen LogP contribution in [-0.2, 0) is 4.79 Å². The van der Waals surface area contributed by atoms with Crippen molar-refractivity contribution in [1.29, 1.82) is 0 Å². The summed E-state index contributed by atoms with van der Waals surface area (Å²) in [5, 5.41) is 3.34. The molecule has 4 nitrogen and oxygen atoms in total. The first-order chi connectivity index (χ1) is 8.16. The SMILES string of the molecule is CN(CC(NC1CC1)C(N)=O)C1CCCCC1. The highest BCUT2D eigenvalue weighted by Gasteiger charge is 2.29. The molecule has 0 aromatic heterocycles. The number of primary amides is 1. The smallest absolute Gasteiger partial charge is 0.235 e. The Labute approximate surface area is 104 Å². The number of carbonyl (C=O) groups is 1. The number of likely N-dealkylation sites (N-methyl/N-ethyl adjacent to an activating group) is 1. The summed E-state index contributed by atoms with van der Waals surface area (Å²) in [7, 11) is 2.13. The fourth-order valence-corrected chi connectivity index (χ4v) is 2.72. The van der Waals surface area contributed by atoms with Crippen molar-refractivity contribution in [2.24, 2.45) is 5.73 Å². The molecule has 0 aromatic rings. The number of amides is 1. The van der Waals surface area contributed by atoms with Gasteiger partial charge in [-0.05, 0) is 32.7 Å². The average molecular weight is 239 g/mol. The fourth-order valence-electron chi connectivity index (χ4n) is 2.72. The Morgan fingerprint density at radius 2 is 1.94 bits per heavy atom. The number of carbonyl (C=O) groups excluding carboxylic acids is 1. The minimum Gasteiger partial charge on any atom is -0.368 e. The third-order valence-corrected chi connectivity index (χ3v) is 4.03. The standard InChI is InChI=1S/C13H25N3O/c1-16(11-5-3-2-4-6-11)9-12(13(14)17)15-10-7-8-10/h10-12,15H,2-9H2,1H3,(H2,14,17). The molecule has 1 atom stereocenters. The van der Waals surface area contributed by atoms with Crippen LogP contribution in [0, 0.1) is 0 Å². The molecule has 0 aliphatic heterocycles. The topological polar surface area (TPSA) is 58.4 Å². The fraction of sp³-hybridized carbons (Fsp3) is 0.923. The molecule has 2 saturated carbocycles. The maximum Gasteiger partial charge on any atom is 0.235 e. The number of nitrogens with two attached hydrogens (primary N) is 1. The van der Waals surface area contributed by atoms with Crippen LogP contribution in [0.5, 0.6) is 0 Å². The predicted octanol–water partition coefficient (Wildman–Crippen LogP) is 0.857. The molecular weight excluding hydrogens is 214 g/mol. The van der Waals surface area contributed by atoms with Gasteiger partial charge >= 0.3 is 0 Å². The second-order valence-electron chi connectivity index (χ2n) is 5.63. The molecule has 0 aromatic carbocycles. The molecule has 2 rings (SSSR count).